The fraction of sp³-hybridized carbons (Fsp3) is 0.438. The third-order valence-corrected chi connectivity index (χ3v) is 4.21. The van der Waals surface area contributed by atoms with Crippen molar-refractivity contribution in [2.24, 2.45) is 16.1 Å². The van der Waals surface area contributed by atoms with Crippen molar-refractivity contribution in [1.29, 1.82) is 0 Å². The lowest BCUT2D eigenvalue weighted by Crippen LogP contribution is -2.44. The van der Waals surface area contributed by atoms with Crippen LogP contribution in [0.5, 0.6) is 0 Å². The maximum absolute atomic E-state index is 12.9. The number of cyclic esters (lactones) is 1. The fourth-order valence-corrected chi connectivity index (χ4v) is 2.74. The summed E-state index contributed by atoms with van der Waals surface area (Å²) in [5.41, 5.74) is -1.47. The number of aryl methyl sites for hydroxylation is 1. The minimum Gasteiger partial charge on any atom is -0.461 e. The second-order valence-electron chi connectivity index (χ2n) is 5.71. The van der Waals surface area contributed by atoms with E-state index in [0.717, 1.165) is 5.56 Å². The van der Waals surface area contributed by atoms with Crippen molar-refractivity contribution in [1.82, 2.24) is 0 Å². The van der Waals surface area contributed by atoms with Crippen molar-refractivity contribution in [2.45, 2.75) is 37.2 Å². The van der Waals surface area contributed by atoms with Gasteiger partial charge in [0, 0.05) is 5.56 Å². The first-order valence-electron chi connectivity index (χ1n) is 7.29. The number of hydrogen-bond acceptors (Lipinski definition) is 4. The summed E-state index contributed by atoms with van der Waals surface area (Å²) < 4.78 is 43.8. The van der Waals surface area contributed by atoms with Crippen LogP contribution in [-0.4, -0.2) is 18.2 Å². The van der Waals surface area contributed by atoms with Gasteiger partial charge in [-0.15, -0.1) is 16.8 Å². The van der Waals surface area contributed by atoms with Gasteiger partial charge in [0.1, 0.15) is 6.10 Å². The molecular formula is C16H15F3N2O2. The quantitative estimate of drug-likeness (QED) is 0.588. The van der Waals surface area contributed by atoms with Gasteiger partial charge < -0.3 is 4.74 Å². The zero-order chi connectivity index (χ0) is 16.7. The Morgan fingerprint density at radius 3 is 2.39 bits per heavy atom. The van der Waals surface area contributed by atoms with Gasteiger partial charge in [0.25, 0.3) is 0 Å². The Bertz CT molecular complexity index is 646. The average Bonchev–Trinajstić information content (AvgIpc) is 3.31. The van der Waals surface area contributed by atoms with Gasteiger partial charge in [0.2, 0.25) is 0 Å². The minimum atomic E-state index is -4.51. The molecule has 0 amide bonds. The molecule has 0 N–H and O–H groups in total. The molecule has 0 saturated carbocycles. The summed E-state index contributed by atoms with van der Waals surface area (Å²) in [6.45, 7) is 3.61. The summed E-state index contributed by atoms with van der Waals surface area (Å²) in [7, 11) is 0. The Hall–Kier alpha value is -2.18. The summed E-state index contributed by atoms with van der Waals surface area (Å²) in [6.07, 6.45) is -1.12. The Balaban J connectivity index is 1.59. The molecule has 2 aliphatic rings. The van der Waals surface area contributed by atoms with Gasteiger partial charge in [-0.1, -0.05) is 30.3 Å². The molecular weight excluding hydrogens is 309 g/mol. The fourth-order valence-electron chi connectivity index (χ4n) is 2.74. The van der Waals surface area contributed by atoms with E-state index in [2.05, 4.69) is 16.8 Å². The summed E-state index contributed by atoms with van der Waals surface area (Å²) in [5, 5.41) is 6.35. The number of allylic oxidation sites excluding steroid dienone is 1. The lowest BCUT2D eigenvalue weighted by Gasteiger charge is -2.34. The van der Waals surface area contributed by atoms with Gasteiger partial charge in [-0.2, -0.15) is 13.2 Å². The van der Waals surface area contributed by atoms with Gasteiger partial charge in [-0.3, -0.25) is 4.79 Å². The molecule has 2 atom stereocenters. The van der Waals surface area contributed by atoms with Crippen LogP contribution in [0.4, 0.5) is 13.2 Å². The summed E-state index contributed by atoms with van der Waals surface area (Å²) in [5.74, 6) is -0.362. The lowest BCUT2D eigenvalue weighted by atomic mass is 9.89. The molecule has 0 aromatic heterocycles. The van der Waals surface area contributed by atoms with Crippen molar-refractivity contribution >= 4 is 5.97 Å². The molecule has 1 saturated heterocycles. The number of halogens is 3. The second kappa shape index (κ2) is 5.47. The van der Waals surface area contributed by atoms with Crippen LogP contribution in [0.15, 0.2) is 47.1 Å². The van der Waals surface area contributed by atoms with Crippen molar-refractivity contribution in [3.05, 3.63) is 48.0 Å². The largest absolute Gasteiger partial charge is 0.461 e. The van der Waals surface area contributed by atoms with Crippen molar-refractivity contribution < 1.29 is 22.7 Å². The SMILES string of the molecule is C=CC[C@H]1C(=O)O[C@@H]1CCc1ccc(C2(C(F)(F)F)N=N2)cc1. The minimum absolute atomic E-state index is 0.0216. The van der Waals surface area contributed by atoms with Crippen LogP contribution in [0, 0.1) is 5.92 Å². The van der Waals surface area contributed by atoms with Crippen LogP contribution in [0.2, 0.25) is 0 Å². The van der Waals surface area contributed by atoms with Gasteiger partial charge in [-0.25, -0.2) is 0 Å². The van der Waals surface area contributed by atoms with Crippen LogP contribution in [0.25, 0.3) is 0 Å². The van der Waals surface area contributed by atoms with E-state index < -0.39 is 11.8 Å². The molecule has 3 rings (SSSR count). The standard InChI is InChI=1S/C16H15F3N2O2/c1-2-3-12-13(23-14(12)22)9-6-10-4-7-11(8-5-10)15(20-21-15)16(17,18)19/h2,4-5,7-8,12-13H,1,3,6,9H2/t12-,13-/m1/s1. The predicted octanol–water partition coefficient (Wildman–Crippen LogP) is 3.92. The van der Waals surface area contributed by atoms with E-state index in [9.17, 15) is 18.0 Å². The Morgan fingerprint density at radius 2 is 1.91 bits per heavy atom. The Morgan fingerprint density at radius 1 is 1.26 bits per heavy atom. The number of hydrogen-bond donors (Lipinski definition) is 0. The van der Waals surface area contributed by atoms with E-state index in [1.54, 1.807) is 18.2 Å². The molecule has 122 valence electrons. The molecule has 0 spiro atoms. The van der Waals surface area contributed by atoms with E-state index >= 15 is 0 Å². The topological polar surface area (TPSA) is 51.0 Å². The molecule has 23 heavy (non-hydrogen) atoms. The maximum atomic E-state index is 12.9. The molecule has 0 unspecified atom stereocenters. The zero-order valence-electron chi connectivity index (χ0n) is 12.2. The molecule has 0 radical (unpaired) electrons. The third kappa shape index (κ3) is 2.75. The number of carbonyl (C=O) groups is 1. The van der Waals surface area contributed by atoms with E-state index in [0.29, 0.717) is 19.3 Å². The third-order valence-electron chi connectivity index (χ3n) is 4.21. The highest BCUT2D eigenvalue weighted by Gasteiger charge is 2.65. The first kappa shape index (κ1) is 15.7. The molecule has 1 fully saturated rings. The van der Waals surface area contributed by atoms with E-state index in [1.807, 2.05) is 0 Å². The van der Waals surface area contributed by atoms with Crippen molar-refractivity contribution in [2.75, 3.05) is 0 Å². The molecule has 1 aromatic rings. The van der Waals surface area contributed by atoms with E-state index in [1.165, 1.54) is 12.1 Å². The number of carbonyl (C=O) groups excluding carboxylic acids is 1. The maximum Gasteiger partial charge on any atom is 0.442 e. The van der Waals surface area contributed by atoms with E-state index in [4.69, 9.17) is 4.74 Å². The van der Waals surface area contributed by atoms with Crippen LogP contribution >= 0.6 is 0 Å². The zero-order valence-corrected chi connectivity index (χ0v) is 12.2. The van der Waals surface area contributed by atoms with Crippen molar-refractivity contribution in [3.63, 3.8) is 0 Å². The smallest absolute Gasteiger partial charge is 0.442 e. The molecule has 2 aliphatic heterocycles. The highest BCUT2D eigenvalue weighted by molar-refractivity contribution is 5.78. The number of rotatable bonds is 6. The molecule has 0 bridgehead atoms. The number of benzene rings is 1. The van der Waals surface area contributed by atoms with Gasteiger partial charge >= 0.3 is 17.8 Å². The Labute approximate surface area is 131 Å². The highest BCUT2D eigenvalue weighted by atomic mass is 19.4. The molecule has 4 nitrogen and oxygen atoms in total. The average molecular weight is 324 g/mol. The van der Waals surface area contributed by atoms with Gasteiger partial charge in [0.15, 0.2) is 0 Å². The Kier molecular flexibility index (Phi) is 3.74. The molecule has 0 aliphatic carbocycles. The number of alkyl halides is 3. The second-order valence-corrected chi connectivity index (χ2v) is 5.71. The predicted molar refractivity (Wildman–Crippen MR) is 75.5 cm³/mol. The number of ether oxygens (including phenoxy) is 1. The first-order chi connectivity index (χ1) is 10.9. The summed E-state index contributed by atoms with van der Waals surface area (Å²) in [6, 6.07) is 6.07. The lowest BCUT2D eigenvalue weighted by molar-refractivity contribution is -0.184. The molecule has 2 heterocycles. The summed E-state index contributed by atoms with van der Waals surface area (Å²) in [4.78, 5) is 11.3. The molecule has 1 aromatic carbocycles. The normalized spacial score (nSPS) is 24.7. The number of esters is 1. The highest BCUT2D eigenvalue weighted by Crippen LogP contribution is 2.52. The van der Waals surface area contributed by atoms with Crippen LogP contribution in [0.3, 0.4) is 0 Å². The van der Waals surface area contributed by atoms with Gasteiger partial charge in [-0.05, 0) is 24.8 Å². The summed E-state index contributed by atoms with van der Waals surface area (Å²) >= 11 is 0. The van der Waals surface area contributed by atoms with Crippen LogP contribution in [0.1, 0.15) is 24.0 Å². The van der Waals surface area contributed by atoms with Gasteiger partial charge in [0.05, 0.1) is 5.92 Å². The van der Waals surface area contributed by atoms with Crippen LogP contribution in [-0.2, 0) is 21.6 Å². The van der Waals surface area contributed by atoms with Crippen molar-refractivity contribution in [3.8, 4) is 0 Å². The van der Waals surface area contributed by atoms with E-state index in [-0.39, 0.29) is 23.6 Å². The molecule has 7 heteroatoms. The first-order valence-corrected chi connectivity index (χ1v) is 7.29. The van der Waals surface area contributed by atoms with Crippen LogP contribution < -0.4 is 0 Å². The number of nitrogens with zero attached hydrogens (tertiary/aromatic N) is 2. The monoisotopic (exact) mass is 324 g/mol.